The molecule has 2 rings (SSSR count). The van der Waals surface area contributed by atoms with Crippen molar-refractivity contribution in [2.24, 2.45) is 0 Å². The second-order valence-electron chi connectivity index (χ2n) is 2.78. The third kappa shape index (κ3) is 1.12. The highest BCUT2D eigenvalue weighted by Gasteiger charge is 2.33. The first-order valence-electron chi connectivity index (χ1n) is 3.73. The molecular formula is C9H7FN2. The first-order valence-corrected chi connectivity index (χ1v) is 3.73. The molecule has 0 radical (unpaired) electrons. The molecule has 1 aliphatic heterocycles. The molecule has 0 bridgehead atoms. The van der Waals surface area contributed by atoms with Gasteiger partial charge in [0.25, 0.3) is 0 Å². The lowest BCUT2D eigenvalue weighted by Crippen LogP contribution is -1.96. The van der Waals surface area contributed by atoms with Gasteiger partial charge < -0.3 is 4.90 Å². The number of halogens is 1. The zero-order chi connectivity index (χ0) is 8.55. The number of nitrogens with zero attached hydrogens (tertiary/aromatic N) is 2. The molecule has 0 N–H and O–H groups in total. The second kappa shape index (κ2) is 2.49. The van der Waals surface area contributed by atoms with Crippen molar-refractivity contribution in [2.45, 2.75) is 6.04 Å². The normalized spacial score (nSPS) is 20.3. The van der Waals surface area contributed by atoms with Crippen LogP contribution in [-0.2, 0) is 0 Å². The van der Waals surface area contributed by atoms with Gasteiger partial charge in [-0.15, -0.1) is 0 Å². The first-order chi connectivity index (χ1) is 5.81. The topological polar surface area (TPSA) is 26.8 Å². The number of nitriles is 1. The number of hydrogen-bond donors (Lipinski definition) is 0. The lowest BCUT2D eigenvalue weighted by molar-refractivity contribution is 0.628. The minimum atomic E-state index is -0.254. The Labute approximate surface area is 69.8 Å². The molecule has 1 atom stereocenters. The highest BCUT2D eigenvalue weighted by Crippen LogP contribution is 2.27. The Morgan fingerprint density at radius 3 is 3.00 bits per heavy atom. The van der Waals surface area contributed by atoms with E-state index in [-0.39, 0.29) is 11.9 Å². The third-order valence-corrected chi connectivity index (χ3v) is 1.90. The lowest BCUT2D eigenvalue weighted by Gasteiger charge is -2.01. The first kappa shape index (κ1) is 7.11. The van der Waals surface area contributed by atoms with Crippen molar-refractivity contribution in [1.82, 2.24) is 0 Å². The van der Waals surface area contributed by atoms with E-state index in [0.29, 0.717) is 0 Å². The monoisotopic (exact) mass is 162 g/mol. The summed E-state index contributed by atoms with van der Waals surface area (Å²) < 4.78 is 12.7. The van der Waals surface area contributed by atoms with E-state index in [1.807, 2.05) is 4.90 Å². The Bertz CT molecular complexity index is 343. The van der Waals surface area contributed by atoms with Crippen LogP contribution >= 0.6 is 0 Å². The van der Waals surface area contributed by atoms with Gasteiger partial charge in [0.05, 0.1) is 12.6 Å². The van der Waals surface area contributed by atoms with Gasteiger partial charge in [0, 0.05) is 5.69 Å². The van der Waals surface area contributed by atoms with Crippen LogP contribution in [0.2, 0.25) is 0 Å². The van der Waals surface area contributed by atoms with Gasteiger partial charge in [-0.25, -0.2) is 4.39 Å². The average molecular weight is 162 g/mol. The van der Waals surface area contributed by atoms with Crippen LogP contribution in [0.5, 0.6) is 0 Å². The maximum Gasteiger partial charge on any atom is 0.134 e. The van der Waals surface area contributed by atoms with Crippen molar-refractivity contribution in [3.05, 3.63) is 30.1 Å². The molecule has 0 spiro atoms. The fourth-order valence-electron chi connectivity index (χ4n) is 1.19. The molecule has 2 nitrogen and oxygen atoms in total. The zero-order valence-electron chi connectivity index (χ0n) is 6.37. The molecule has 1 fully saturated rings. The van der Waals surface area contributed by atoms with Crippen molar-refractivity contribution >= 4 is 5.69 Å². The molecule has 1 aliphatic rings. The zero-order valence-corrected chi connectivity index (χ0v) is 6.37. The fourth-order valence-corrected chi connectivity index (χ4v) is 1.19. The summed E-state index contributed by atoms with van der Waals surface area (Å²) in [6.07, 6.45) is 0. The van der Waals surface area contributed by atoms with Crippen LogP contribution in [0.15, 0.2) is 24.3 Å². The molecule has 0 saturated carbocycles. The van der Waals surface area contributed by atoms with Gasteiger partial charge in [-0.2, -0.15) is 5.26 Å². The van der Waals surface area contributed by atoms with Gasteiger partial charge in [-0.05, 0) is 18.2 Å². The number of hydrogen-bond acceptors (Lipinski definition) is 2. The van der Waals surface area contributed by atoms with Gasteiger partial charge in [0.1, 0.15) is 11.9 Å². The van der Waals surface area contributed by atoms with Crippen molar-refractivity contribution in [2.75, 3.05) is 11.4 Å². The van der Waals surface area contributed by atoms with E-state index in [1.165, 1.54) is 12.1 Å². The quantitative estimate of drug-likeness (QED) is 0.585. The van der Waals surface area contributed by atoms with E-state index in [9.17, 15) is 4.39 Å². The van der Waals surface area contributed by atoms with Crippen LogP contribution in [0.1, 0.15) is 0 Å². The van der Waals surface area contributed by atoms with E-state index < -0.39 is 0 Å². The second-order valence-corrected chi connectivity index (χ2v) is 2.78. The lowest BCUT2D eigenvalue weighted by atomic mass is 10.3. The van der Waals surface area contributed by atoms with Gasteiger partial charge in [0.15, 0.2) is 0 Å². The minimum absolute atomic E-state index is 0.0493. The van der Waals surface area contributed by atoms with Crippen LogP contribution < -0.4 is 4.90 Å². The number of benzene rings is 1. The Kier molecular flexibility index (Phi) is 1.47. The largest absolute Gasteiger partial charge is 0.351 e. The number of anilines is 1. The summed E-state index contributed by atoms with van der Waals surface area (Å²) in [7, 11) is 0. The highest BCUT2D eigenvalue weighted by molar-refractivity contribution is 5.56. The molecule has 60 valence electrons. The summed E-state index contributed by atoms with van der Waals surface area (Å²) in [5, 5.41) is 8.52. The van der Waals surface area contributed by atoms with Crippen molar-refractivity contribution in [1.29, 1.82) is 5.26 Å². The van der Waals surface area contributed by atoms with E-state index >= 15 is 0 Å². The Hall–Kier alpha value is -1.56. The van der Waals surface area contributed by atoms with Gasteiger partial charge in [-0.1, -0.05) is 6.07 Å². The maximum absolute atomic E-state index is 12.7. The van der Waals surface area contributed by atoms with Crippen molar-refractivity contribution < 1.29 is 4.39 Å². The highest BCUT2D eigenvalue weighted by atomic mass is 19.1. The number of rotatable bonds is 1. The minimum Gasteiger partial charge on any atom is -0.351 e. The summed E-state index contributed by atoms with van der Waals surface area (Å²) in [4.78, 5) is 1.85. The summed E-state index contributed by atoms with van der Waals surface area (Å²) in [5.41, 5.74) is 0.793. The van der Waals surface area contributed by atoms with Crippen molar-refractivity contribution in [3.63, 3.8) is 0 Å². The Morgan fingerprint density at radius 2 is 2.42 bits per heavy atom. The molecule has 1 aromatic carbocycles. The molecule has 1 aromatic rings. The summed E-state index contributed by atoms with van der Waals surface area (Å²) in [5.74, 6) is -0.254. The van der Waals surface area contributed by atoms with Gasteiger partial charge >= 0.3 is 0 Å². The fraction of sp³-hybridized carbons (Fsp3) is 0.222. The van der Waals surface area contributed by atoms with E-state index in [0.717, 1.165) is 12.2 Å². The molecule has 1 heterocycles. The molecule has 1 unspecified atom stereocenters. The molecular weight excluding hydrogens is 155 g/mol. The molecule has 0 amide bonds. The van der Waals surface area contributed by atoms with Crippen LogP contribution in [0.3, 0.4) is 0 Å². The predicted molar refractivity (Wildman–Crippen MR) is 43.1 cm³/mol. The van der Waals surface area contributed by atoms with Crippen LogP contribution in [0.25, 0.3) is 0 Å². The van der Waals surface area contributed by atoms with E-state index in [4.69, 9.17) is 5.26 Å². The van der Waals surface area contributed by atoms with Crippen LogP contribution in [0.4, 0.5) is 10.1 Å². The van der Waals surface area contributed by atoms with Crippen LogP contribution in [0, 0.1) is 17.1 Å². The SMILES string of the molecule is N#CC1CN1c1cccc(F)c1. The average Bonchev–Trinajstić information content (AvgIpc) is 2.83. The molecule has 0 aromatic heterocycles. The smallest absolute Gasteiger partial charge is 0.134 e. The Balaban J connectivity index is 2.21. The summed E-state index contributed by atoms with van der Waals surface area (Å²) >= 11 is 0. The maximum atomic E-state index is 12.7. The van der Waals surface area contributed by atoms with Gasteiger partial charge in [0.2, 0.25) is 0 Å². The Morgan fingerprint density at radius 1 is 1.58 bits per heavy atom. The molecule has 1 saturated heterocycles. The molecule has 3 heteroatoms. The molecule has 0 aliphatic carbocycles. The van der Waals surface area contributed by atoms with E-state index in [2.05, 4.69) is 6.07 Å². The van der Waals surface area contributed by atoms with Crippen LogP contribution in [-0.4, -0.2) is 12.6 Å². The predicted octanol–water partition coefficient (Wildman–Crippen LogP) is 1.54. The van der Waals surface area contributed by atoms with Crippen molar-refractivity contribution in [3.8, 4) is 6.07 Å². The summed E-state index contributed by atoms with van der Waals surface area (Å²) in [6, 6.07) is 8.36. The van der Waals surface area contributed by atoms with E-state index in [1.54, 1.807) is 12.1 Å². The third-order valence-electron chi connectivity index (χ3n) is 1.90. The molecule has 12 heavy (non-hydrogen) atoms. The van der Waals surface area contributed by atoms with Gasteiger partial charge in [-0.3, -0.25) is 0 Å². The summed E-state index contributed by atoms with van der Waals surface area (Å²) in [6.45, 7) is 0.722. The standard InChI is InChI=1S/C9H7FN2/c10-7-2-1-3-8(4-7)12-6-9(12)5-11/h1-4,9H,6H2.